The maximum Gasteiger partial charge on any atom is 0.537 e. The molecule has 0 heterocycles. The molecule has 1 aromatic carbocycles. The van der Waals surface area contributed by atoms with Gasteiger partial charge >= 0.3 is 17.4 Å². The van der Waals surface area contributed by atoms with E-state index in [2.05, 4.69) is 13.1 Å². The zero-order valence-electron chi connectivity index (χ0n) is 17.0. The third-order valence-corrected chi connectivity index (χ3v) is 8.13. The summed E-state index contributed by atoms with van der Waals surface area (Å²) >= 11 is 0. The van der Waals surface area contributed by atoms with Gasteiger partial charge in [-0.05, 0) is 47.7 Å². The normalized spacial score (nSPS) is 11.8. The summed E-state index contributed by atoms with van der Waals surface area (Å²) in [4.78, 5) is 0. The second-order valence-corrected chi connectivity index (χ2v) is 11.4. The van der Waals surface area contributed by atoms with Gasteiger partial charge in [-0.15, -0.1) is 0 Å². The Labute approximate surface area is 156 Å². The van der Waals surface area contributed by atoms with Gasteiger partial charge in [0.2, 0.25) is 0 Å². The summed E-state index contributed by atoms with van der Waals surface area (Å²) in [5, 5.41) is 1.03. The third-order valence-electron chi connectivity index (χ3n) is 3.11. The fraction of sp³-hybridized carbons (Fsp3) is 0.667. The lowest BCUT2D eigenvalue weighted by Crippen LogP contribution is -2.56. The zero-order valence-corrected chi connectivity index (χ0v) is 19.0. The monoisotopic (exact) mass is 388 g/mol. The summed E-state index contributed by atoms with van der Waals surface area (Å²) in [7, 11) is -4.37. The molecule has 25 heavy (non-hydrogen) atoms. The first-order chi connectivity index (χ1) is 11.9. The smallest absolute Gasteiger partial charge is 0.395 e. The molecular formula is C18H36O5Si2. The van der Waals surface area contributed by atoms with Crippen LogP contribution in [-0.4, -0.2) is 50.4 Å². The molecule has 0 N–H and O–H groups in total. The Morgan fingerprint density at radius 1 is 0.600 bits per heavy atom. The molecule has 0 radical (unpaired) electrons. The zero-order chi connectivity index (χ0) is 19.2. The van der Waals surface area contributed by atoms with Gasteiger partial charge < -0.3 is 22.1 Å². The molecule has 0 amide bonds. The summed E-state index contributed by atoms with van der Waals surface area (Å²) < 4.78 is 28.1. The molecular weight excluding hydrogens is 352 g/mol. The fourth-order valence-electron chi connectivity index (χ4n) is 2.32. The lowest BCUT2D eigenvalue weighted by atomic mass is 10.4. The van der Waals surface area contributed by atoms with Gasteiger partial charge in [-0.2, -0.15) is 0 Å². The largest absolute Gasteiger partial charge is 0.537 e. The number of hydrogen-bond acceptors (Lipinski definition) is 5. The highest BCUT2D eigenvalue weighted by Crippen LogP contribution is 2.10. The Morgan fingerprint density at radius 2 is 0.960 bits per heavy atom. The van der Waals surface area contributed by atoms with Crippen molar-refractivity contribution in [2.75, 3.05) is 33.0 Å². The van der Waals surface area contributed by atoms with Crippen molar-refractivity contribution in [3.8, 4) is 0 Å². The Balaban J connectivity index is 0.000000547. The molecule has 7 heteroatoms. The van der Waals surface area contributed by atoms with Crippen LogP contribution in [0.2, 0.25) is 13.1 Å². The molecule has 0 aromatic heterocycles. The Kier molecular flexibility index (Phi) is 13.3. The topological polar surface area (TPSA) is 46.2 Å². The van der Waals surface area contributed by atoms with Crippen molar-refractivity contribution in [1.82, 2.24) is 0 Å². The van der Waals surface area contributed by atoms with Gasteiger partial charge in [0, 0.05) is 38.2 Å². The Hall–Kier alpha value is -0.546. The van der Waals surface area contributed by atoms with E-state index >= 15 is 0 Å². The van der Waals surface area contributed by atoms with Crippen LogP contribution in [0.3, 0.4) is 0 Å². The van der Waals surface area contributed by atoms with Crippen molar-refractivity contribution < 1.29 is 22.1 Å². The quantitative estimate of drug-likeness (QED) is 0.541. The summed E-state index contributed by atoms with van der Waals surface area (Å²) in [6.07, 6.45) is 0. The van der Waals surface area contributed by atoms with Gasteiger partial charge in [0.25, 0.3) is 0 Å². The van der Waals surface area contributed by atoms with Crippen molar-refractivity contribution in [3.63, 3.8) is 0 Å². The maximum absolute atomic E-state index is 5.79. The van der Waals surface area contributed by atoms with Crippen molar-refractivity contribution in [2.45, 2.75) is 47.7 Å². The molecule has 0 bridgehead atoms. The molecule has 0 atom stereocenters. The van der Waals surface area contributed by atoms with Gasteiger partial charge in [-0.3, -0.25) is 0 Å². The number of rotatable bonds is 11. The van der Waals surface area contributed by atoms with E-state index in [0.717, 1.165) is 18.4 Å². The van der Waals surface area contributed by atoms with Crippen molar-refractivity contribution >= 4 is 22.6 Å². The van der Waals surface area contributed by atoms with Crippen LogP contribution in [0.15, 0.2) is 30.3 Å². The highest BCUT2D eigenvalue weighted by molar-refractivity contribution is 6.75. The predicted molar refractivity (Wildman–Crippen MR) is 107 cm³/mol. The van der Waals surface area contributed by atoms with Gasteiger partial charge in [0.05, 0.1) is 0 Å². The molecule has 0 spiro atoms. The van der Waals surface area contributed by atoms with Crippen LogP contribution >= 0.6 is 0 Å². The first-order valence-corrected chi connectivity index (χ1v) is 13.7. The molecule has 0 unspecified atom stereocenters. The van der Waals surface area contributed by atoms with E-state index in [1.54, 1.807) is 0 Å². The van der Waals surface area contributed by atoms with Crippen LogP contribution in [-0.2, 0) is 22.1 Å². The molecule has 0 aliphatic carbocycles. The molecule has 146 valence electrons. The number of benzene rings is 1. The molecule has 0 saturated carbocycles. The fourth-order valence-corrected chi connectivity index (χ4v) is 6.29. The van der Waals surface area contributed by atoms with E-state index in [0.29, 0.717) is 19.8 Å². The maximum atomic E-state index is 5.79. The molecule has 1 rings (SSSR count). The van der Waals surface area contributed by atoms with Gasteiger partial charge in [0.1, 0.15) is 0 Å². The highest BCUT2D eigenvalue weighted by atomic mass is 28.4. The highest BCUT2D eigenvalue weighted by Gasteiger charge is 2.42. The van der Waals surface area contributed by atoms with Gasteiger partial charge in [-0.1, -0.05) is 30.3 Å². The van der Waals surface area contributed by atoms with Gasteiger partial charge in [0.15, 0.2) is 0 Å². The van der Waals surface area contributed by atoms with Crippen LogP contribution in [0.25, 0.3) is 0 Å². The van der Waals surface area contributed by atoms with Gasteiger partial charge in [-0.25, -0.2) is 0 Å². The third kappa shape index (κ3) is 9.65. The second kappa shape index (κ2) is 13.6. The SMILES string of the molecule is CCO[Si](C)(C)OCC.CCO[Si](OCC)(OCC)c1ccccc1. The van der Waals surface area contributed by atoms with Crippen molar-refractivity contribution in [2.24, 2.45) is 0 Å². The van der Waals surface area contributed by atoms with Crippen LogP contribution < -0.4 is 5.19 Å². The van der Waals surface area contributed by atoms with E-state index in [4.69, 9.17) is 22.1 Å². The van der Waals surface area contributed by atoms with Crippen molar-refractivity contribution in [3.05, 3.63) is 30.3 Å². The molecule has 1 aromatic rings. The minimum absolute atomic E-state index is 0.598. The molecule has 0 aliphatic rings. The van der Waals surface area contributed by atoms with Crippen LogP contribution in [0.1, 0.15) is 34.6 Å². The Morgan fingerprint density at radius 3 is 1.28 bits per heavy atom. The van der Waals surface area contributed by atoms with Crippen molar-refractivity contribution in [1.29, 1.82) is 0 Å². The summed E-state index contributed by atoms with van der Waals surface area (Å²) in [5.41, 5.74) is 0. The average molecular weight is 389 g/mol. The van der Waals surface area contributed by atoms with Crippen LogP contribution in [0, 0.1) is 0 Å². The summed E-state index contributed by atoms with van der Waals surface area (Å²) in [6.45, 7) is 17.3. The molecule has 0 aliphatic heterocycles. The van der Waals surface area contributed by atoms with E-state index in [9.17, 15) is 0 Å². The first-order valence-electron chi connectivity index (χ1n) is 9.16. The predicted octanol–water partition coefficient (Wildman–Crippen LogP) is 3.70. The van der Waals surface area contributed by atoms with Crippen LogP contribution in [0.5, 0.6) is 0 Å². The summed E-state index contributed by atoms with van der Waals surface area (Å²) in [6, 6.07) is 9.95. The average Bonchev–Trinajstić information content (AvgIpc) is 2.57. The van der Waals surface area contributed by atoms with E-state index in [-0.39, 0.29) is 0 Å². The lowest BCUT2D eigenvalue weighted by molar-refractivity contribution is 0.0859. The molecule has 0 saturated heterocycles. The van der Waals surface area contributed by atoms with E-state index in [1.165, 1.54) is 0 Å². The molecule has 5 nitrogen and oxygen atoms in total. The summed E-state index contributed by atoms with van der Waals surface area (Å²) in [5.74, 6) is 0. The Bertz CT molecular complexity index is 404. The number of hydrogen-bond donors (Lipinski definition) is 0. The minimum Gasteiger partial charge on any atom is -0.395 e. The van der Waals surface area contributed by atoms with E-state index < -0.39 is 17.4 Å². The van der Waals surface area contributed by atoms with Crippen LogP contribution in [0.4, 0.5) is 0 Å². The standard InChI is InChI=1S/C12H20O3Si.C6H16O2Si/c1-4-13-16(14-5-2,15-6-3)12-10-8-7-9-11-12;1-5-7-9(3,4)8-6-2/h7-11H,4-6H2,1-3H3;5-6H2,1-4H3. The second-order valence-electron chi connectivity index (χ2n) is 5.49. The first kappa shape index (κ1) is 24.5. The minimum atomic E-state index is -2.67. The lowest BCUT2D eigenvalue weighted by Gasteiger charge is -2.28. The molecule has 0 fully saturated rings. The van der Waals surface area contributed by atoms with E-state index in [1.807, 2.05) is 65.0 Å².